The Balaban J connectivity index is 2.51. The molecule has 1 aromatic rings. The van der Waals surface area contributed by atoms with Crippen molar-refractivity contribution in [3.8, 4) is 11.5 Å². The molecule has 18 heavy (non-hydrogen) atoms. The summed E-state index contributed by atoms with van der Waals surface area (Å²) >= 11 is 0. The number of rotatable bonds is 6. The van der Waals surface area contributed by atoms with Crippen molar-refractivity contribution in [3.63, 3.8) is 0 Å². The lowest BCUT2D eigenvalue weighted by atomic mass is 10.3. The van der Waals surface area contributed by atoms with Crippen LogP contribution in [-0.2, 0) is 4.74 Å². The molecule has 0 saturated heterocycles. The Kier molecular flexibility index (Phi) is 5.08. The smallest absolute Gasteiger partial charge is 0.493 e. The zero-order valence-electron chi connectivity index (χ0n) is 10.0. The fourth-order valence-corrected chi connectivity index (χ4v) is 1.25. The first-order valence-electron chi connectivity index (χ1n) is 5.15. The highest BCUT2D eigenvalue weighted by Crippen LogP contribution is 2.30. The van der Waals surface area contributed by atoms with Gasteiger partial charge in [0.25, 0.3) is 0 Å². The molecule has 1 rings (SSSR count). The van der Waals surface area contributed by atoms with Crippen LogP contribution >= 0.6 is 0 Å². The van der Waals surface area contributed by atoms with Crippen molar-refractivity contribution in [3.05, 3.63) is 18.2 Å². The fourth-order valence-electron chi connectivity index (χ4n) is 1.25. The minimum atomic E-state index is -4.64. The molecule has 0 aliphatic rings. The highest BCUT2D eigenvalue weighted by Gasteiger charge is 2.28. The molecular formula is C11H14F3NO3. The second-order valence-electron chi connectivity index (χ2n) is 3.26. The SMILES string of the molecule is CNc1ccc(OCCOC(F)(F)F)c(OC)c1. The molecule has 0 unspecified atom stereocenters. The summed E-state index contributed by atoms with van der Waals surface area (Å²) in [6.07, 6.45) is -4.64. The summed E-state index contributed by atoms with van der Waals surface area (Å²) < 4.78 is 48.9. The van der Waals surface area contributed by atoms with Crippen molar-refractivity contribution in [2.45, 2.75) is 6.36 Å². The molecule has 0 aromatic heterocycles. The van der Waals surface area contributed by atoms with E-state index in [9.17, 15) is 13.2 Å². The maximum Gasteiger partial charge on any atom is 0.522 e. The van der Waals surface area contributed by atoms with Crippen LogP contribution in [0.2, 0.25) is 0 Å². The Morgan fingerprint density at radius 3 is 2.44 bits per heavy atom. The van der Waals surface area contributed by atoms with Gasteiger partial charge in [0.05, 0.1) is 13.7 Å². The van der Waals surface area contributed by atoms with E-state index < -0.39 is 13.0 Å². The van der Waals surface area contributed by atoms with Gasteiger partial charge < -0.3 is 14.8 Å². The van der Waals surface area contributed by atoms with Crippen LogP contribution in [0.15, 0.2) is 18.2 Å². The summed E-state index contributed by atoms with van der Waals surface area (Å²) in [6.45, 7) is -0.783. The maximum absolute atomic E-state index is 11.7. The second-order valence-corrected chi connectivity index (χ2v) is 3.26. The maximum atomic E-state index is 11.7. The zero-order valence-corrected chi connectivity index (χ0v) is 10.0. The largest absolute Gasteiger partial charge is 0.522 e. The van der Waals surface area contributed by atoms with E-state index in [0.717, 1.165) is 5.69 Å². The van der Waals surface area contributed by atoms with Gasteiger partial charge in [-0.1, -0.05) is 0 Å². The average Bonchev–Trinajstić information content (AvgIpc) is 2.33. The van der Waals surface area contributed by atoms with E-state index in [-0.39, 0.29) is 6.61 Å². The third kappa shape index (κ3) is 4.70. The van der Waals surface area contributed by atoms with Gasteiger partial charge in [0, 0.05) is 18.8 Å². The van der Waals surface area contributed by atoms with Crippen LogP contribution in [0.1, 0.15) is 0 Å². The van der Waals surface area contributed by atoms with Gasteiger partial charge in [0.1, 0.15) is 6.61 Å². The summed E-state index contributed by atoms with van der Waals surface area (Å²) in [5, 5.41) is 2.91. The Hall–Kier alpha value is -1.63. The van der Waals surface area contributed by atoms with Gasteiger partial charge >= 0.3 is 6.36 Å². The highest BCUT2D eigenvalue weighted by molar-refractivity contribution is 5.54. The van der Waals surface area contributed by atoms with E-state index in [2.05, 4.69) is 10.1 Å². The number of nitrogens with one attached hydrogen (secondary N) is 1. The van der Waals surface area contributed by atoms with Gasteiger partial charge in [-0.3, -0.25) is 4.74 Å². The lowest BCUT2D eigenvalue weighted by molar-refractivity contribution is -0.325. The topological polar surface area (TPSA) is 39.7 Å². The lowest BCUT2D eigenvalue weighted by Crippen LogP contribution is -2.18. The molecule has 0 bridgehead atoms. The van der Waals surface area contributed by atoms with Gasteiger partial charge in [0.2, 0.25) is 0 Å². The van der Waals surface area contributed by atoms with Gasteiger partial charge in [-0.25, -0.2) is 0 Å². The van der Waals surface area contributed by atoms with Crippen LogP contribution in [0.4, 0.5) is 18.9 Å². The quantitative estimate of drug-likeness (QED) is 0.803. The molecule has 1 aromatic carbocycles. The van der Waals surface area contributed by atoms with Crippen LogP contribution in [0.5, 0.6) is 11.5 Å². The first kappa shape index (κ1) is 14.4. The molecule has 0 spiro atoms. The summed E-state index contributed by atoms with van der Waals surface area (Å²) in [5.74, 6) is 0.802. The monoisotopic (exact) mass is 265 g/mol. The van der Waals surface area contributed by atoms with Gasteiger partial charge in [-0.05, 0) is 12.1 Å². The Labute approximate surface area is 103 Å². The van der Waals surface area contributed by atoms with Crippen molar-refractivity contribution >= 4 is 5.69 Å². The summed E-state index contributed by atoms with van der Waals surface area (Å²) in [6, 6.07) is 5.01. The van der Waals surface area contributed by atoms with Gasteiger partial charge in [0.15, 0.2) is 11.5 Å². The average molecular weight is 265 g/mol. The van der Waals surface area contributed by atoms with Crippen molar-refractivity contribution in [2.24, 2.45) is 0 Å². The predicted octanol–water partition coefficient (Wildman–Crippen LogP) is 2.65. The molecule has 0 amide bonds. The van der Waals surface area contributed by atoms with E-state index in [1.165, 1.54) is 7.11 Å². The Morgan fingerprint density at radius 1 is 1.17 bits per heavy atom. The van der Waals surface area contributed by atoms with Crippen LogP contribution in [0.25, 0.3) is 0 Å². The summed E-state index contributed by atoms with van der Waals surface area (Å²) in [4.78, 5) is 0. The number of methoxy groups -OCH3 is 1. The molecule has 7 heteroatoms. The number of hydrogen-bond donors (Lipinski definition) is 1. The Morgan fingerprint density at radius 2 is 1.89 bits per heavy atom. The van der Waals surface area contributed by atoms with E-state index in [1.807, 2.05) is 0 Å². The van der Waals surface area contributed by atoms with Crippen LogP contribution in [0, 0.1) is 0 Å². The summed E-state index contributed by atoms with van der Waals surface area (Å²) in [5.41, 5.74) is 0.811. The second kappa shape index (κ2) is 6.34. The molecule has 0 heterocycles. The summed E-state index contributed by atoms with van der Waals surface area (Å²) in [7, 11) is 3.19. The van der Waals surface area contributed by atoms with Crippen LogP contribution in [0.3, 0.4) is 0 Å². The van der Waals surface area contributed by atoms with Crippen molar-refractivity contribution in [2.75, 3.05) is 32.7 Å². The predicted molar refractivity (Wildman–Crippen MR) is 60.0 cm³/mol. The van der Waals surface area contributed by atoms with E-state index in [4.69, 9.17) is 9.47 Å². The highest BCUT2D eigenvalue weighted by atomic mass is 19.4. The minimum absolute atomic E-state index is 0.214. The van der Waals surface area contributed by atoms with E-state index in [1.54, 1.807) is 25.2 Å². The molecule has 1 N–H and O–H groups in total. The standard InChI is InChI=1S/C11H14F3NO3/c1-15-8-3-4-9(10(7-8)16-2)17-5-6-18-11(12,13)14/h3-4,7,15H,5-6H2,1-2H3. The fraction of sp³-hybridized carbons (Fsp3) is 0.455. The molecular weight excluding hydrogens is 251 g/mol. The number of benzene rings is 1. The third-order valence-corrected chi connectivity index (χ3v) is 2.06. The normalized spacial score (nSPS) is 11.2. The number of alkyl halides is 3. The molecule has 4 nitrogen and oxygen atoms in total. The molecule has 0 aliphatic heterocycles. The minimum Gasteiger partial charge on any atom is -0.493 e. The molecule has 0 fully saturated rings. The van der Waals surface area contributed by atoms with Crippen LogP contribution in [-0.4, -0.2) is 33.7 Å². The molecule has 0 saturated carbocycles. The molecule has 0 radical (unpaired) electrons. The number of ether oxygens (including phenoxy) is 3. The number of halogens is 3. The van der Waals surface area contributed by atoms with Crippen molar-refractivity contribution in [1.29, 1.82) is 0 Å². The van der Waals surface area contributed by atoms with E-state index >= 15 is 0 Å². The third-order valence-electron chi connectivity index (χ3n) is 2.06. The lowest BCUT2D eigenvalue weighted by Gasteiger charge is -2.12. The first-order chi connectivity index (χ1) is 8.46. The molecule has 0 aliphatic carbocycles. The van der Waals surface area contributed by atoms with Crippen molar-refractivity contribution in [1.82, 2.24) is 0 Å². The molecule has 0 atom stereocenters. The molecule has 102 valence electrons. The first-order valence-corrected chi connectivity index (χ1v) is 5.15. The van der Waals surface area contributed by atoms with Crippen molar-refractivity contribution < 1.29 is 27.4 Å². The van der Waals surface area contributed by atoms with Gasteiger partial charge in [-0.15, -0.1) is 13.2 Å². The Bertz CT molecular complexity index is 382. The zero-order chi connectivity index (χ0) is 13.6. The number of hydrogen-bond acceptors (Lipinski definition) is 4. The number of anilines is 1. The van der Waals surface area contributed by atoms with Crippen LogP contribution < -0.4 is 14.8 Å². The van der Waals surface area contributed by atoms with E-state index in [0.29, 0.717) is 11.5 Å². The van der Waals surface area contributed by atoms with Gasteiger partial charge in [-0.2, -0.15) is 0 Å².